The molecule has 1 saturated carbocycles. The molecule has 7 nitrogen and oxygen atoms in total. The van der Waals surface area contributed by atoms with E-state index in [9.17, 15) is 19.5 Å². The van der Waals surface area contributed by atoms with Crippen molar-refractivity contribution in [3.63, 3.8) is 0 Å². The van der Waals surface area contributed by atoms with Crippen LogP contribution in [-0.2, 0) is 19.1 Å². The number of hydrogen-bond acceptors (Lipinski definition) is 5. The van der Waals surface area contributed by atoms with E-state index in [1.807, 2.05) is 48.5 Å². The third kappa shape index (κ3) is 4.15. The second-order valence-electron chi connectivity index (χ2n) is 7.61. The first kappa shape index (κ1) is 19.9. The van der Waals surface area contributed by atoms with Gasteiger partial charge >= 0.3 is 18.0 Å². The molecule has 0 aromatic heterocycles. The summed E-state index contributed by atoms with van der Waals surface area (Å²) in [6.07, 6.45) is 1.14. The minimum Gasteiger partial charge on any atom is -0.480 e. The number of esters is 1. The largest absolute Gasteiger partial charge is 0.480 e. The van der Waals surface area contributed by atoms with Crippen molar-refractivity contribution in [3.8, 4) is 11.1 Å². The van der Waals surface area contributed by atoms with Crippen molar-refractivity contribution in [2.45, 2.75) is 43.7 Å². The molecule has 2 aliphatic carbocycles. The lowest BCUT2D eigenvalue weighted by Crippen LogP contribution is -2.43. The number of ether oxygens (including phenoxy) is 2. The molecule has 2 N–H and O–H groups in total. The van der Waals surface area contributed by atoms with Crippen molar-refractivity contribution in [2.24, 2.45) is 0 Å². The standard InChI is InChI=1S/C23H23NO6/c25-21(30-14-6-5-7-14)12-20(22(26)27)24-23(28)29-13-19-17-10-3-1-8-15(17)16-9-2-4-11-18(16)19/h1-4,8-11,14,19-20H,5-7,12-13H2,(H,24,28)(H,26,27)/t20-/m0/s1. The SMILES string of the molecule is O=C(C[C@H](NC(=O)OCC1c2ccccc2-c2ccccc21)C(=O)O)OC1CCC1. The fourth-order valence-corrected chi connectivity index (χ4v) is 3.87. The number of carbonyl (C=O) groups excluding carboxylic acids is 2. The van der Waals surface area contributed by atoms with Gasteiger partial charge in [-0.1, -0.05) is 48.5 Å². The molecule has 0 saturated heterocycles. The lowest BCUT2D eigenvalue weighted by atomic mass is 9.96. The number of aliphatic carboxylic acids is 1. The lowest BCUT2D eigenvalue weighted by molar-refractivity contribution is -0.156. The van der Waals surface area contributed by atoms with E-state index in [-0.39, 0.29) is 18.6 Å². The van der Waals surface area contributed by atoms with Crippen LogP contribution >= 0.6 is 0 Å². The highest BCUT2D eigenvalue weighted by molar-refractivity contribution is 5.85. The van der Waals surface area contributed by atoms with Gasteiger partial charge in [-0.25, -0.2) is 9.59 Å². The summed E-state index contributed by atoms with van der Waals surface area (Å²) in [5.74, 6) is -2.07. The van der Waals surface area contributed by atoms with Crippen molar-refractivity contribution in [1.29, 1.82) is 0 Å². The molecule has 1 amide bonds. The van der Waals surface area contributed by atoms with Crippen LogP contribution in [0.1, 0.15) is 42.7 Å². The highest BCUT2D eigenvalue weighted by Crippen LogP contribution is 2.44. The van der Waals surface area contributed by atoms with Crippen molar-refractivity contribution >= 4 is 18.0 Å². The molecule has 7 heteroatoms. The summed E-state index contributed by atoms with van der Waals surface area (Å²) in [5, 5.41) is 11.6. The molecule has 0 spiro atoms. The molecule has 30 heavy (non-hydrogen) atoms. The topological polar surface area (TPSA) is 102 Å². The summed E-state index contributed by atoms with van der Waals surface area (Å²) in [7, 11) is 0. The number of carboxylic acids is 1. The molecule has 0 aliphatic heterocycles. The average Bonchev–Trinajstić information content (AvgIpc) is 3.02. The van der Waals surface area contributed by atoms with Gasteiger partial charge in [0.2, 0.25) is 0 Å². The van der Waals surface area contributed by atoms with Crippen LogP contribution in [0, 0.1) is 0 Å². The molecule has 0 bridgehead atoms. The highest BCUT2D eigenvalue weighted by Gasteiger charge is 2.31. The first-order valence-corrected chi connectivity index (χ1v) is 10.1. The zero-order valence-corrected chi connectivity index (χ0v) is 16.4. The van der Waals surface area contributed by atoms with Crippen LogP contribution < -0.4 is 5.32 Å². The zero-order chi connectivity index (χ0) is 21.1. The van der Waals surface area contributed by atoms with Crippen LogP contribution in [0.4, 0.5) is 4.79 Å². The summed E-state index contributed by atoms with van der Waals surface area (Å²) < 4.78 is 10.5. The van der Waals surface area contributed by atoms with E-state index in [0.29, 0.717) is 0 Å². The van der Waals surface area contributed by atoms with Crippen molar-refractivity contribution in [3.05, 3.63) is 59.7 Å². The van der Waals surface area contributed by atoms with Gasteiger partial charge < -0.3 is 19.9 Å². The number of benzene rings is 2. The summed E-state index contributed by atoms with van der Waals surface area (Å²) >= 11 is 0. The Kier molecular flexibility index (Phi) is 5.70. The van der Waals surface area contributed by atoms with E-state index in [2.05, 4.69) is 5.32 Å². The van der Waals surface area contributed by atoms with Crippen LogP contribution in [0.15, 0.2) is 48.5 Å². The molecule has 0 heterocycles. The molecule has 0 radical (unpaired) electrons. The number of carbonyl (C=O) groups is 3. The highest BCUT2D eigenvalue weighted by atomic mass is 16.6. The average molecular weight is 409 g/mol. The first-order valence-electron chi connectivity index (χ1n) is 10.1. The van der Waals surface area contributed by atoms with Crippen molar-refractivity contribution < 1.29 is 29.0 Å². The Balaban J connectivity index is 1.36. The maximum absolute atomic E-state index is 12.3. The Morgan fingerprint density at radius 1 is 1.00 bits per heavy atom. The van der Waals surface area contributed by atoms with Crippen LogP contribution in [0.25, 0.3) is 11.1 Å². The third-order valence-electron chi connectivity index (χ3n) is 5.65. The van der Waals surface area contributed by atoms with Crippen LogP contribution in [-0.4, -0.2) is 41.9 Å². The van der Waals surface area contributed by atoms with Gasteiger partial charge in [-0.3, -0.25) is 4.79 Å². The number of alkyl carbamates (subject to hydrolysis) is 1. The quantitative estimate of drug-likeness (QED) is 0.679. The van der Waals surface area contributed by atoms with Crippen LogP contribution in [0.5, 0.6) is 0 Å². The number of rotatable bonds is 7. The lowest BCUT2D eigenvalue weighted by Gasteiger charge is -2.25. The third-order valence-corrected chi connectivity index (χ3v) is 5.65. The molecular weight excluding hydrogens is 386 g/mol. The minimum absolute atomic E-state index is 0.0682. The smallest absolute Gasteiger partial charge is 0.407 e. The van der Waals surface area contributed by atoms with Gasteiger partial charge in [0.1, 0.15) is 18.8 Å². The predicted molar refractivity (Wildman–Crippen MR) is 108 cm³/mol. The Bertz CT molecular complexity index is 922. The minimum atomic E-state index is -1.40. The Hall–Kier alpha value is -3.35. The van der Waals surface area contributed by atoms with Gasteiger partial charge in [-0.05, 0) is 41.5 Å². The van der Waals surface area contributed by atoms with E-state index in [1.54, 1.807) is 0 Å². The molecule has 4 rings (SSSR count). The van der Waals surface area contributed by atoms with Gasteiger partial charge in [-0.15, -0.1) is 0 Å². The second kappa shape index (κ2) is 8.57. The summed E-state index contributed by atoms with van der Waals surface area (Å²) in [5.41, 5.74) is 4.32. The molecule has 156 valence electrons. The number of nitrogens with one attached hydrogen (secondary N) is 1. The predicted octanol–water partition coefficient (Wildman–Crippen LogP) is 3.46. The normalized spacial score (nSPS) is 16.0. The molecule has 2 aromatic rings. The van der Waals surface area contributed by atoms with Crippen LogP contribution in [0.2, 0.25) is 0 Å². The second-order valence-corrected chi connectivity index (χ2v) is 7.61. The fraction of sp³-hybridized carbons (Fsp3) is 0.348. The summed E-state index contributed by atoms with van der Waals surface area (Å²) in [6, 6.07) is 14.5. The molecule has 0 unspecified atom stereocenters. The van der Waals surface area contributed by atoms with Gasteiger partial charge in [0, 0.05) is 5.92 Å². The first-order chi connectivity index (χ1) is 14.5. The van der Waals surface area contributed by atoms with E-state index in [1.165, 1.54) is 0 Å². The molecule has 1 fully saturated rings. The summed E-state index contributed by atoms with van der Waals surface area (Å²) in [4.78, 5) is 35.6. The van der Waals surface area contributed by atoms with Crippen LogP contribution in [0.3, 0.4) is 0 Å². The van der Waals surface area contributed by atoms with Crippen molar-refractivity contribution in [1.82, 2.24) is 5.32 Å². The van der Waals surface area contributed by atoms with E-state index in [0.717, 1.165) is 41.5 Å². The maximum atomic E-state index is 12.3. The van der Waals surface area contributed by atoms with Gasteiger partial charge in [0.25, 0.3) is 0 Å². The fourth-order valence-electron chi connectivity index (χ4n) is 3.87. The Labute approximate surface area is 174 Å². The van der Waals surface area contributed by atoms with E-state index >= 15 is 0 Å². The molecule has 2 aliphatic rings. The zero-order valence-electron chi connectivity index (χ0n) is 16.4. The number of amides is 1. The van der Waals surface area contributed by atoms with Gasteiger partial charge in [0.15, 0.2) is 0 Å². The summed E-state index contributed by atoms with van der Waals surface area (Å²) in [6.45, 7) is 0.0682. The number of carboxylic acid groups (broad SMARTS) is 1. The van der Waals surface area contributed by atoms with Gasteiger partial charge in [0.05, 0.1) is 6.42 Å². The Morgan fingerprint density at radius 2 is 1.60 bits per heavy atom. The molecule has 2 aromatic carbocycles. The molecular formula is C23H23NO6. The maximum Gasteiger partial charge on any atom is 0.407 e. The Morgan fingerprint density at radius 3 is 2.13 bits per heavy atom. The van der Waals surface area contributed by atoms with Gasteiger partial charge in [-0.2, -0.15) is 0 Å². The van der Waals surface area contributed by atoms with E-state index in [4.69, 9.17) is 9.47 Å². The van der Waals surface area contributed by atoms with Crippen molar-refractivity contribution in [2.75, 3.05) is 6.61 Å². The number of hydrogen-bond donors (Lipinski definition) is 2. The number of fused-ring (bicyclic) bond motifs is 3. The monoisotopic (exact) mass is 409 g/mol. The van der Waals surface area contributed by atoms with E-state index < -0.39 is 30.5 Å². The molecule has 1 atom stereocenters.